The van der Waals surface area contributed by atoms with E-state index in [9.17, 15) is 14.7 Å². The Morgan fingerprint density at radius 2 is 1.84 bits per heavy atom. The van der Waals surface area contributed by atoms with E-state index in [1.54, 1.807) is 6.92 Å². The molecule has 1 heterocycles. The van der Waals surface area contributed by atoms with Gasteiger partial charge in [0.05, 0.1) is 29.7 Å². The molecule has 1 aromatic rings. The molecule has 2 bridgehead atoms. The molecule has 1 aromatic carbocycles. The molecular weight excluding hydrogens is 465 g/mol. The highest BCUT2D eigenvalue weighted by atomic mass is 16.7. The molecule has 0 radical (unpaired) electrons. The number of nitrogens with one attached hydrogen (secondary N) is 1. The van der Waals surface area contributed by atoms with E-state index in [1.165, 1.54) is 12.0 Å². The van der Waals surface area contributed by atoms with Gasteiger partial charge in [0.1, 0.15) is 5.78 Å². The van der Waals surface area contributed by atoms with Crippen molar-refractivity contribution in [2.75, 3.05) is 0 Å². The number of hydrogen-bond donors (Lipinski definition) is 2. The van der Waals surface area contributed by atoms with Crippen LogP contribution in [0.3, 0.4) is 0 Å². The molecule has 0 aromatic heterocycles. The summed E-state index contributed by atoms with van der Waals surface area (Å²) < 4.78 is 13.1. The molecule has 0 unspecified atom stereocenters. The maximum absolute atomic E-state index is 13.4. The largest absolute Gasteiger partial charge is 0.481 e. The van der Waals surface area contributed by atoms with E-state index in [0.29, 0.717) is 30.6 Å². The Balaban J connectivity index is 1.36. The van der Waals surface area contributed by atoms with Crippen LogP contribution in [0.2, 0.25) is 0 Å². The minimum atomic E-state index is -0.920. The average Bonchev–Trinajstić information content (AvgIpc) is 3.19. The molecule has 4 aliphatic rings. The minimum absolute atomic E-state index is 0.00583. The van der Waals surface area contributed by atoms with Gasteiger partial charge in [-0.2, -0.15) is 0 Å². The van der Waals surface area contributed by atoms with Crippen molar-refractivity contribution in [1.29, 1.82) is 0 Å². The molecule has 37 heavy (non-hydrogen) atoms. The van der Waals surface area contributed by atoms with Crippen molar-refractivity contribution in [1.82, 2.24) is 5.32 Å². The fraction of sp³-hybridized carbons (Fsp3) is 0.733. The molecule has 3 saturated carbocycles. The number of hydrogen-bond acceptors (Lipinski definition) is 5. The van der Waals surface area contributed by atoms with E-state index < -0.39 is 19.1 Å². The predicted octanol–water partition coefficient (Wildman–Crippen LogP) is 4.76. The van der Waals surface area contributed by atoms with Gasteiger partial charge in [-0.1, -0.05) is 58.0 Å². The van der Waals surface area contributed by atoms with Gasteiger partial charge in [-0.25, -0.2) is 0 Å². The topological polar surface area (TPSA) is 84.9 Å². The molecule has 7 heteroatoms. The number of ketones is 1. The van der Waals surface area contributed by atoms with Gasteiger partial charge in [0, 0.05) is 12.8 Å². The zero-order valence-electron chi connectivity index (χ0n) is 23.5. The lowest BCUT2D eigenvalue weighted by Crippen LogP contribution is -2.65. The summed E-state index contributed by atoms with van der Waals surface area (Å²) in [6, 6.07) is 10.1. The van der Waals surface area contributed by atoms with Gasteiger partial charge >= 0.3 is 7.12 Å². The molecule has 3 aliphatic carbocycles. The monoisotopic (exact) mass is 511 g/mol. The zero-order chi connectivity index (χ0) is 27.0. The summed E-state index contributed by atoms with van der Waals surface area (Å²) >= 11 is 0. The first kappa shape index (κ1) is 28.3. The summed E-state index contributed by atoms with van der Waals surface area (Å²) in [7, 11) is -0.521. The summed E-state index contributed by atoms with van der Waals surface area (Å²) in [5.41, 5.74) is 1.10. The highest BCUT2D eigenvalue weighted by Crippen LogP contribution is 2.65. The van der Waals surface area contributed by atoms with Crippen molar-refractivity contribution >= 4 is 18.8 Å². The minimum Gasteiger partial charge on any atom is -0.404 e. The summed E-state index contributed by atoms with van der Waals surface area (Å²) in [6.07, 6.45) is 3.98. The third kappa shape index (κ3) is 5.99. The molecule has 5 rings (SSSR count). The number of carbonyl (C=O) groups excluding carboxylic acids is 2. The lowest BCUT2D eigenvalue weighted by Gasteiger charge is -2.64. The fourth-order valence-electron chi connectivity index (χ4n) is 7.07. The number of carbonyl (C=O) groups is 2. The first-order chi connectivity index (χ1) is 17.4. The maximum atomic E-state index is 13.4. The second-order valence-electron chi connectivity index (χ2n) is 13.0. The highest BCUT2D eigenvalue weighted by Gasteiger charge is 2.68. The second-order valence-corrected chi connectivity index (χ2v) is 13.0. The average molecular weight is 512 g/mol. The van der Waals surface area contributed by atoms with Crippen LogP contribution in [0.5, 0.6) is 0 Å². The van der Waals surface area contributed by atoms with Crippen LogP contribution in [0.15, 0.2) is 30.3 Å². The van der Waals surface area contributed by atoms with Crippen LogP contribution in [0.1, 0.15) is 85.6 Å². The Hall–Kier alpha value is -1.70. The van der Waals surface area contributed by atoms with Gasteiger partial charge in [0.25, 0.3) is 0 Å². The Bertz CT molecular complexity index is 951. The Labute approximate surface area is 223 Å². The number of aliphatic hydroxyl groups excluding tert-OH is 1. The van der Waals surface area contributed by atoms with Crippen molar-refractivity contribution in [3.8, 4) is 0 Å². The number of amides is 1. The first-order valence-corrected chi connectivity index (χ1v) is 14.3. The molecule has 6 nitrogen and oxygen atoms in total. The predicted molar refractivity (Wildman–Crippen MR) is 146 cm³/mol. The molecule has 1 amide bonds. The highest BCUT2D eigenvalue weighted by molar-refractivity contribution is 6.47. The van der Waals surface area contributed by atoms with E-state index >= 15 is 0 Å². The lowest BCUT2D eigenvalue weighted by molar-refractivity contribution is -0.199. The van der Waals surface area contributed by atoms with Crippen LogP contribution in [0, 0.1) is 29.1 Å². The van der Waals surface area contributed by atoms with Crippen LogP contribution < -0.4 is 5.32 Å². The Morgan fingerprint density at radius 1 is 1.14 bits per heavy atom. The SMILES string of the molecule is CC(C)C[C@H](NC(=O)[C@@H](CC(=O)CCCc1ccccc1)[C@@H](C)O)B1O[C@@H]2C[C@H]3C[C@H](C3(C)C)[C@]2(C)O1. The number of aryl methyl sites for hydroxylation is 1. The van der Waals surface area contributed by atoms with Crippen LogP contribution in [-0.4, -0.2) is 47.7 Å². The zero-order valence-corrected chi connectivity index (χ0v) is 23.5. The standard InChI is InChI=1S/C30H46BNO5/c1-19(2)15-27(31-36-26-17-22-16-25(29(22,4)5)30(26,6)37-31)32-28(35)24(20(3)33)18-23(34)14-10-13-21-11-8-7-9-12-21/h7-9,11-12,19-20,22,24-27,33H,10,13-18H2,1-6H3,(H,32,35)/t20-,22-,24+,25-,26-,27+,30+/m1/s1. The number of rotatable bonds is 12. The summed E-state index contributed by atoms with van der Waals surface area (Å²) in [6.45, 7) is 12.7. The van der Waals surface area contributed by atoms with Crippen LogP contribution in [0.25, 0.3) is 0 Å². The van der Waals surface area contributed by atoms with E-state index in [0.717, 1.165) is 19.3 Å². The summed E-state index contributed by atoms with van der Waals surface area (Å²) in [5.74, 6) is 0.0175. The number of benzene rings is 1. The third-order valence-corrected chi connectivity index (χ3v) is 9.48. The van der Waals surface area contributed by atoms with Crippen LogP contribution >= 0.6 is 0 Å². The fourth-order valence-corrected chi connectivity index (χ4v) is 7.07. The quantitative estimate of drug-likeness (QED) is 0.395. The second kappa shape index (κ2) is 11.2. The maximum Gasteiger partial charge on any atom is 0.481 e. The van der Waals surface area contributed by atoms with E-state index in [1.807, 2.05) is 18.2 Å². The van der Waals surface area contributed by atoms with Crippen molar-refractivity contribution < 1.29 is 24.0 Å². The molecule has 4 fully saturated rings. The Kier molecular flexibility index (Phi) is 8.57. The lowest BCUT2D eigenvalue weighted by atomic mass is 9.43. The van der Waals surface area contributed by atoms with Gasteiger partial charge in [-0.15, -0.1) is 0 Å². The first-order valence-electron chi connectivity index (χ1n) is 14.3. The number of Topliss-reactive ketones (excluding diaryl/α,β-unsaturated/α-hetero) is 1. The van der Waals surface area contributed by atoms with Gasteiger partial charge in [0.2, 0.25) is 5.91 Å². The van der Waals surface area contributed by atoms with Crippen molar-refractivity contribution in [3.63, 3.8) is 0 Å². The van der Waals surface area contributed by atoms with Crippen molar-refractivity contribution in [2.45, 2.75) is 110 Å². The Morgan fingerprint density at radius 3 is 2.46 bits per heavy atom. The molecule has 0 spiro atoms. The molecule has 1 aliphatic heterocycles. The molecule has 204 valence electrons. The normalized spacial score (nSPS) is 30.3. The molecule has 1 saturated heterocycles. The van der Waals surface area contributed by atoms with E-state index in [-0.39, 0.29) is 41.2 Å². The van der Waals surface area contributed by atoms with Gasteiger partial charge in [-0.3, -0.25) is 9.59 Å². The van der Waals surface area contributed by atoms with E-state index in [2.05, 4.69) is 52.1 Å². The van der Waals surface area contributed by atoms with Crippen LogP contribution in [0.4, 0.5) is 0 Å². The smallest absolute Gasteiger partial charge is 0.404 e. The van der Waals surface area contributed by atoms with Gasteiger partial charge in [0.15, 0.2) is 0 Å². The number of aliphatic hydroxyl groups is 1. The molecular formula is C30H46BNO5. The van der Waals surface area contributed by atoms with Gasteiger partial charge < -0.3 is 19.7 Å². The summed E-state index contributed by atoms with van der Waals surface area (Å²) in [4.78, 5) is 26.1. The summed E-state index contributed by atoms with van der Waals surface area (Å²) in [5, 5.41) is 13.6. The van der Waals surface area contributed by atoms with Gasteiger partial charge in [-0.05, 0) is 74.7 Å². The van der Waals surface area contributed by atoms with Crippen molar-refractivity contribution in [2.24, 2.45) is 29.1 Å². The van der Waals surface area contributed by atoms with Crippen molar-refractivity contribution in [3.05, 3.63) is 35.9 Å². The molecule has 7 atom stereocenters. The molecule has 2 N–H and O–H groups in total. The van der Waals surface area contributed by atoms with Crippen LogP contribution in [-0.2, 0) is 25.3 Å². The third-order valence-electron chi connectivity index (χ3n) is 9.48. The van der Waals surface area contributed by atoms with E-state index in [4.69, 9.17) is 9.31 Å².